The average molecular weight is 264 g/mol. The maximum Gasteiger partial charge on any atom is 0.305 e. The second kappa shape index (κ2) is 9.54. The van der Waals surface area contributed by atoms with Gasteiger partial charge in [-0.1, -0.05) is 23.8 Å². The van der Waals surface area contributed by atoms with Gasteiger partial charge in [0.2, 0.25) is 0 Å². The second-order valence-corrected chi connectivity index (χ2v) is 4.91. The van der Waals surface area contributed by atoms with Gasteiger partial charge in [-0.25, -0.2) is 0 Å². The molecule has 0 spiro atoms. The third-order valence-corrected chi connectivity index (χ3v) is 3.29. The summed E-state index contributed by atoms with van der Waals surface area (Å²) in [5.74, 6) is 0.108. The number of hydrogen-bond acceptors (Lipinski definition) is 3. The Hall–Kier alpha value is -1.38. The van der Waals surface area contributed by atoms with Gasteiger partial charge in [0.25, 0.3) is 0 Å². The molecule has 0 radical (unpaired) electrons. The summed E-state index contributed by atoms with van der Waals surface area (Å²) < 4.78 is 4.86. The maximum atomic E-state index is 11.1. The van der Waals surface area contributed by atoms with Crippen LogP contribution in [0.15, 0.2) is 23.8 Å². The van der Waals surface area contributed by atoms with Crippen molar-refractivity contribution < 1.29 is 14.3 Å². The molecule has 0 aromatic rings. The summed E-state index contributed by atoms with van der Waals surface area (Å²) in [6, 6.07) is 0. The van der Waals surface area contributed by atoms with Crippen molar-refractivity contribution in [1.82, 2.24) is 0 Å². The fourth-order valence-corrected chi connectivity index (χ4v) is 2.26. The van der Waals surface area contributed by atoms with E-state index in [1.807, 2.05) is 6.92 Å². The predicted molar refractivity (Wildman–Crippen MR) is 75.7 cm³/mol. The Balaban J connectivity index is 2.12. The molecule has 3 heteroatoms. The largest absolute Gasteiger partial charge is 0.466 e. The van der Waals surface area contributed by atoms with Crippen molar-refractivity contribution in [2.75, 3.05) is 6.61 Å². The third kappa shape index (κ3) is 6.94. The van der Waals surface area contributed by atoms with Crippen LogP contribution in [-0.2, 0) is 14.3 Å². The molecule has 1 rings (SSSR count). The standard InChI is InChI=1S/C16H24O3/c1-2-19-16(18)11-6-4-3-5-8-14-9-7-10-15(12-14)13-17/h3,5,9,13,15H,2,4,6-8,10-12H2,1H3/b5-3-. The number of aldehydes is 1. The minimum Gasteiger partial charge on any atom is -0.466 e. The van der Waals surface area contributed by atoms with Gasteiger partial charge in [0.05, 0.1) is 6.61 Å². The molecular weight excluding hydrogens is 240 g/mol. The minimum absolute atomic E-state index is 0.111. The van der Waals surface area contributed by atoms with E-state index in [1.165, 1.54) is 5.57 Å². The molecule has 0 aliphatic heterocycles. The number of rotatable bonds is 8. The summed E-state index contributed by atoms with van der Waals surface area (Å²) in [5.41, 5.74) is 1.37. The first-order chi connectivity index (χ1) is 9.26. The summed E-state index contributed by atoms with van der Waals surface area (Å²) in [4.78, 5) is 21.9. The van der Waals surface area contributed by atoms with Crippen LogP contribution in [0.5, 0.6) is 0 Å². The van der Waals surface area contributed by atoms with E-state index in [0.29, 0.717) is 13.0 Å². The first-order valence-electron chi connectivity index (χ1n) is 7.20. The number of carbonyl (C=O) groups excluding carboxylic acids is 2. The molecular formula is C16H24O3. The van der Waals surface area contributed by atoms with E-state index in [1.54, 1.807) is 0 Å². The molecule has 1 aliphatic rings. The molecule has 1 aliphatic carbocycles. The smallest absolute Gasteiger partial charge is 0.305 e. The molecule has 1 atom stereocenters. The van der Waals surface area contributed by atoms with Gasteiger partial charge in [-0.2, -0.15) is 0 Å². The molecule has 0 aromatic heterocycles. The predicted octanol–water partition coefficient (Wildman–Crippen LogP) is 3.59. The zero-order valence-electron chi connectivity index (χ0n) is 11.8. The molecule has 19 heavy (non-hydrogen) atoms. The number of ether oxygens (including phenoxy) is 1. The maximum absolute atomic E-state index is 11.1. The molecule has 0 saturated carbocycles. The molecule has 0 aromatic carbocycles. The minimum atomic E-state index is -0.111. The van der Waals surface area contributed by atoms with Crippen LogP contribution in [0.4, 0.5) is 0 Å². The SMILES string of the molecule is CCOC(=O)CCC/C=C\CC1=CCCC(C=O)C1. The van der Waals surface area contributed by atoms with E-state index in [9.17, 15) is 9.59 Å². The van der Waals surface area contributed by atoms with Crippen LogP contribution >= 0.6 is 0 Å². The topological polar surface area (TPSA) is 43.4 Å². The summed E-state index contributed by atoms with van der Waals surface area (Å²) in [6.07, 6.45) is 13.7. The van der Waals surface area contributed by atoms with Crippen LogP contribution in [-0.4, -0.2) is 18.9 Å². The van der Waals surface area contributed by atoms with E-state index in [-0.39, 0.29) is 11.9 Å². The lowest BCUT2D eigenvalue weighted by Crippen LogP contribution is -2.07. The highest BCUT2D eigenvalue weighted by Crippen LogP contribution is 2.24. The van der Waals surface area contributed by atoms with Crippen molar-refractivity contribution in [3.05, 3.63) is 23.8 Å². The zero-order chi connectivity index (χ0) is 13.9. The Bertz CT molecular complexity index is 342. The molecule has 3 nitrogen and oxygen atoms in total. The van der Waals surface area contributed by atoms with Crippen molar-refractivity contribution in [3.8, 4) is 0 Å². The number of esters is 1. The lowest BCUT2D eigenvalue weighted by atomic mass is 9.88. The van der Waals surface area contributed by atoms with E-state index < -0.39 is 0 Å². The fourth-order valence-electron chi connectivity index (χ4n) is 2.26. The summed E-state index contributed by atoms with van der Waals surface area (Å²) in [6.45, 7) is 2.28. The molecule has 0 fully saturated rings. The lowest BCUT2D eigenvalue weighted by Gasteiger charge is -2.16. The van der Waals surface area contributed by atoms with Gasteiger partial charge < -0.3 is 9.53 Å². The van der Waals surface area contributed by atoms with Gasteiger partial charge in [-0.3, -0.25) is 4.79 Å². The van der Waals surface area contributed by atoms with Crippen LogP contribution in [0.2, 0.25) is 0 Å². The fraction of sp³-hybridized carbons (Fsp3) is 0.625. The van der Waals surface area contributed by atoms with Crippen LogP contribution in [0.25, 0.3) is 0 Å². The monoisotopic (exact) mass is 264 g/mol. The highest BCUT2D eigenvalue weighted by molar-refractivity contribution is 5.69. The summed E-state index contributed by atoms with van der Waals surface area (Å²) in [5, 5.41) is 0. The third-order valence-electron chi connectivity index (χ3n) is 3.29. The molecule has 0 N–H and O–H groups in total. The van der Waals surface area contributed by atoms with E-state index in [2.05, 4.69) is 18.2 Å². The van der Waals surface area contributed by atoms with E-state index in [4.69, 9.17) is 4.74 Å². The van der Waals surface area contributed by atoms with Crippen LogP contribution in [0, 0.1) is 5.92 Å². The normalized spacial score (nSPS) is 19.2. The molecule has 0 saturated heterocycles. The number of unbranched alkanes of at least 4 members (excludes halogenated alkanes) is 1. The van der Waals surface area contributed by atoms with E-state index in [0.717, 1.165) is 44.8 Å². The number of allylic oxidation sites excluding steroid dienone is 4. The number of carbonyl (C=O) groups is 2. The Labute approximate surface area is 115 Å². The van der Waals surface area contributed by atoms with Crippen molar-refractivity contribution in [2.24, 2.45) is 5.92 Å². The molecule has 0 amide bonds. The van der Waals surface area contributed by atoms with Crippen LogP contribution < -0.4 is 0 Å². The molecule has 1 unspecified atom stereocenters. The zero-order valence-corrected chi connectivity index (χ0v) is 11.8. The Morgan fingerprint density at radius 2 is 2.32 bits per heavy atom. The Kier molecular flexibility index (Phi) is 7.87. The first kappa shape index (κ1) is 15.7. The van der Waals surface area contributed by atoms with Crippen LogP contribution in [0.1, 0.15) is 51.9 Å². The second-order valence-electron chi connectivity index (χ2n) is 4.91. The van der Waals surface area contributed by atoms with Gasteiger partial charge >= 0.3 is 5.97 Å². The van der Waals surface area contributed by atoms with Crippen molar-refractivity contribution in [3.63, 3.8) is 0 Å². The molecule has 0 heterocycles. The summed E-state index contributed by atoms with van der Waals surface area (Å²) in [7, 11) is 0. The Morgan fingerprint density at radius 1 is 1.47 bits per heavy atom. The highest BCUT2D eigenvalue weighted by atomic mass is 16.5. The van der Waals surface area contributed by atoms with Gasteiger partial charge in [0.1, 0.15) is 6.29 Å². The number of hydrogen-bond donors (Lipinski definition) is 0. The lowest BCUT2D eigenvalue weighted by molar-refractivity contribution is -0.143. The molecule has 0 bridgehead atoms. The van der Waals surface area contributed by atoms with Crippen LogP contribution in [0.3, 0.4) is 0 Å². The van der Waals surface area contributed by atoms with Gasteiger partial charge in [0.15, 0.2) is 0 Å². The van der Waals surface area contributed by atoms with Crippen molar-refractivity contribution in [1.29, 1.82) is 0 Å². The molecule has 106 valence electrons. The van der Waals surface area contributed by atoms with Crippen molar-refractivity contribution >= 4 is 12.3 Å². The van der Waals surface area contributed by atoms with E-state index >= 15 is 0 Å². The average Bonchev–Trinajstić information content (AvgIpc) is 2.43. The first-order valence-corrected chi connectivity index (χ1v) is 7.20. The van der Waals surface area contributed by atoms with Gasteiger partial charge in [-0.05, 0) is 45.4 Å². The quantitative estimate of drug-likeness (QED) is 0.291. The Morgan fingerprint density at radius 3 is 3.05 bits per heavy atom. The summed E-state index contributed by atoms with van der Waals surface area (Å²) >= 11 is 0. The highest BCUT2D eigenvalue weighted by Gasteiger charge is 2.13. The van der Waals surface area contributed by atoms with Crippen molar-refractivity contribution in [2.45, 2.75) is 51.9 Å². The van der Waals surface area contributed by atoms with Gasteiger partial charge in [-0.15, -0.1) is 0 Å². The van der Waals surface area contributed by atoms with Gasteiger partial charge in [0, 0.05) is 12.3 Å².